The van der Waals surface area contributed by atoms with Crippen LogP contribution in [0, 0.1) is 33.6 Å². The van der Waals surface area contributed by atoms with Crippen LogP contribution in [-0.4, -0.2) is 13.1 Å². The number of hydrogen-bond donors (Lipinski definition) is 0. The maximum absolute atomic E-state index is 6.47. The molecule has 3 nitrogen and oxygen atoms in total. The fraction of sp³-hybridized carbons (Fsp3) is 0.429. The molecule has 25 heavy (non-hydrogen) atoms. The lowest BCUT2D eigenvalue weighted by molar-refractivity contribution is 0.622. The molecule has 0 radical (unpaired) electrons. The summed E-state index contributed by atoms with van der Waals surface area (Å²) in [5.74, 6) is 0.705. The summed E-state index contributed by atoms with van der Waals surface area (Å²) < 4.78 is 15.3. The lowest BCUT2D eigenvalue weighted by atomic mass is 9.97. The third kappa shape index (κ3) is 2.80. The van der Waals surface area contributed by atoms with Crippen molar-refractivity contribution in [2.75, 3.05) is 17.8 Å². The third-order valence-electron chi connectivity index (χ3n) is 5.63. The molecule has 0 unspecified atom stereocenters. The average molecular weight is 355 g/mol. The summed E-state index contributed by atoms with van der Waals surface area (Å²) >= 11 is 0. The Morgan fingerprint density at radius 2 is 1.40 bits per heavy atom. The van der Waals surface area contributed by atoms with Crippen molar-refractivity contribution in [1.82, 2.24) is 0 Å². The topological polar surface area (TPSA) is 29.5 Å². The zero-order valence-electron chi connectivity index (χ0n) is 15.7. The highest BCUT2D eigenvalue weighted by Crippen LogP contribution is 2.41. The van der Waals surface area contributed by atoms with Crippen LogP contribution >= 0.6 is 8.16 Å². The summed E-state index contributed by atoms with van der Waals surface area (Å²) in [7, 11) is -1.11. The molecule has 0 N–H and O–H groups in total. The van der Waals surface area contributed by atoms with Crippen molar-refractivity contribution in [2.45, 2.75) is 41.0 Å². The molecule has 3 aromatic rings. The molecular formula is C21H26NO2P. The molecular weight excluding hydrogens is 329 g/mol. The van der Waals surface area contributed by atoms with Crippen LogP contribution < -0.4 is 4.67 Å². The molecule has 1 aromatic heterocycles. The molecule has 132 valence electrons. The Hall–Kier alpha value is -1.70. The third-order valence-corrected chi connectivity index (χ3v) is 7.16. The Labute approximate surface area is 150 Å². The summed E-state index contributed by atoms with van der Waals surface area (Å²) in [6.45, 7) is 13.1. The number of fused-ring (bicyclic) bond motifs is 3. The molecule has 1 atom stereocenters. The Kier molecular flexibility index (Phi) is 4.17. The molecule has 1 fully saturated rings. The van der Waals surface area contributed by atoms with Crippen molar-refractivity contribution in [3.05, 3.63) is 46.5 Å². The van der Waals surface area contributed by atoms with E-state index in [2.05, 4.69) is 63.6 Å². The number of rotatable bonds is 1. The molecule has 2 heterocycles. The molecule has 4 rings (SSSR count). The highest BCUT2D eigenvalue weighted by molar-refractivity contribution is 7.39. The van der Waals surface area contributed by atoms with E-state index in [0.717, 1.165) is 24.3 Å². The van der Waals surface area contributed by atoms with Gasteiger partial charge in [-0.05, 0) is 74.4 Å². The second kappa shape index (κ2) is 6.23. The number of benzene rings is 2. The molecule has 0 spiro atoms. The van der Waals surface area contributed by atoms with E-state index in [4.69, 9.17) is 8.39 Å². The van der Waals surface area contributed by atoms with Crippen LogP contribution in [0.1, 0.15) is 35.6 Å². The molecule has 1 saturated heterocycles. The van der Waals surface area contributed by atoms with E-state index in [-0.39, 0.29) is 0 Å². The fourth-order valence-electron chi connectivity index (χ4n) is 3.72. The monoisotopic (exact) mass is 355 g/mol. The van der Waals surface area contributed by atoms with E-state index < -0.39 is 8.16 Å². The van der Waals surface area contributed by atoms with E-state index in [0.29, 0.717) is 5.92 Å². The van der Waals surface area contributed by atoms with Crippen LogP contribution in [0.2, 0.25) is 0 Å². The van der Waals surface area contributed by atoms with Crippen LogP contribution in [0.4, 0.5) is 0 Å². The molecule has 1 aliphatic rings. The molecule has 0 bridgehead atoms. The highest BCUT2D eigenvalue weighted by atomic mass is 31.1. The number of hydrogen-bond acceptors (Lipinski definition) is 3. The van der Waals surface area contributed by atoms with Gasteiger partial charge >= 0.3 is 8.16 Å². The lowest BCUT2D eigenvalue weighted by Crippen LogP contribution is -2.14. The van der Waals surface area contributed by atoms with Gasteiger partial charge in [0.1, 0.15) is 11.2 Å². The van der Waals surface area contributed by atoms with Gasteiger partial charge in [-0.2, -0.15) is 0 Å². The summed E-state index contributed by atoms with van der Waals surface area (Å²) in [6.07, 6.45) is 1.21. The predicted molar refractivity (Wildman–Crippen MR) is 107 cm³/mol. The average Bonchev–Trinajstić information content (AvgIpc) is 2.93. The van der Waals surface area contributed by atoms with Gasteiger partial charge in [0, 0.05) is 23.9 Å². The van der Waals surface area contributed by atoms with E-state index in [9.17, 15) is 0 Å². The number of nitrogens with zero attached hydrogens (tertiary/aromatic N) is 1. The van der Waals surface area contributed by atoms with E-state index >= 15 is 0 Å². The van der Waals surface area contributed by atoms with Crippen LogP contribution in [0.15, 0.2) is 32.7 Å². The fourth-order valence-corrected chi connectivity index (χ4v) is 5.32. The Morgan fingerprint density at radius 1 is 0.880 bits per heavy atom. The zero-order valence-corrected chi connectivity index (χ0v) is 16.6. The van der Waals surface area contributed by atoms with Crippen LogP contribution in [-0.2, 0) is 0 Å². The van der Waals surface area contributed by atoms with Crippen molar-refractivity contribution >= 4 is 30.1 Å². The molecule has 2 aromatic carbocycles. The van der Waals surface area contributed by atoms with Gasteiger partial charge in [0.15, 0.2) is 0 Å². The van der Waals surface area contributed by atoms with Crippen LogP contribution in [0.5, 0.6) is 0 Å². The largest absolute Gasteiger partial charge is 0.408 e. The van der Waals surface area contributed by atoms with Crippen molar-refractivity contribution in [3.8, 4) is 0 Å². The first kappa shape index (κ1) is 16.8. The van der Waals surface area contributed by atoms with Gasteiger partial charge in [-0.15, -0.1) is 0 Å². The lowest BCUT2D eigenvalue weighted by Gasteiger charge is -2.10. The van der Waals surface area contributed by atoms with Crippen LogP contribution in [0.25, 0.3) is 21.9 Å². The first-order chi connectivity index (χ1) is 12.0. The van der Waals surface area contributed by atoms with Crippen molar-refractivity contribution < 1.29 is 8.39 Å². The van der Waals surface area contributed by atoms with Gasteiger partial charge in [0.25, 0.3) is 0 Å². The SMILES string of the molecule is Cc1ccc2op(N3CC[C@H](C)C3)oc3ccc(C)c(C)c3c2c1C. The van der Waals surface area contributed by atoms with Gasteiger partial charge in [0.05, 0.1) is 0 Å². The summed E-state index contributed by atoms with van der Waals surface area (Å²) in [5, 5.41) is 2.40. The summed E-state index contributed by atoms with van der Waals surface area (Å²) in [4.78, 5) is 0. The summed E-state index contributed by atoms with van der Waals surface area (Å²) in [6, 6.07) is 8.55. The van der Waals surface area contributed by atoms with Crippen molar-refractivity contribution in [3.63, 3.8) is 0 Å². The standard InChI is InChI=1S/C21H26NO2P/c1-13-10-11-22(12-13)25-23-18-8-6-14(2)16(4)20(18)21-17(5)15(3)7-9-19(21)24-25/h6-9,13H,10-12H2,1-5H3/t13-/m0/s1. The molecule has 0 aliphatic carbocycles. The predicted octanol–water partition coefficient (Wildman–Crippen LogP) is 6.50. The highest BCUT2D eigenvalue weighted by Gasteiger charge is 2.24. The Bertz CT molecular complexity index is 936. The quantitative estimate of drug-likeness (QED) is 0.499. The van der Waals surface area contributed by atoms with Gasteiger partial charge in [-0.1, -0.05) is 19.1 Å². The second-order valence-electron chi connectivity index (χ2n) is 7.49. The van der Waals surface area contributed by atoms with Gasteiger partial charge in [-0.3, -0.25) is 0 Å². The first-order valence-corrected chi connectivity index (χ1v) is 10.2. The zero-order chi connectivity index (χ0) is 17.7. The van der Waals surface area contributed by atoms with Crippen molar-refractivity contribution in [1.29, 1.82) is 0 Å². The van der Waals surface area contributed by atoms with E-state index in [1.165, 1.54) is 39.4 Å². The maximum Gasteiger partial charge on any atom is 0.309 e. The number of aryl methyl sites for hydroxylation is 4. The van der Waals surface area contributed by atoms with Gasteiger partial charge in [0.2, 0.25) is 0 Å². The summed E-state index contributed by atoms with van der Waals surface area (Å²) in [5.41, 5.74) is 7.05. The normalized spacial score (nSPS) is 18.4. The van der Waals surface area contributed by atoms with Gasteiger partial charge < -0.3 is 8.39 Å². The maximum atomic E-state index is 6.47. The smallest absolute Gasteiger partial charge is 0.309 e. The minimum absolute atomic E-state index is 0.705. The minimum atomic E-state index is -1.11. The van der Waals surface area contributed by atoms with Crippen molar-refractivity contribution in [2.24, 2.45) is 5.92 Å². The Morgan fingerprint density at radius 3 is 1.84 bits per heavy atom. The van der Waals surface area contributed by atoms with Crippen LogP contribution in [0.3, 0.4) is 0 Å². The molecule has 1 aliphatic heterocycles. The molecule has 0 amide bonds. The van der Waals surface area contributed by atoms with E-state index in [1.807, 2.05) is 0 Å². The minimum Gasteiger partial charge on any atom is -0.408 e. The molecule has 0 saturated carbocycles. The molecule has 4 heteroatoms. The first-order valence-electron chi connectivity index (χ1n) is 9.07. The van der Waals surface area contributed by atoms with E-state index in [1.54, 1.807) is 0 Å². The second-order valence-corrected chi connectivity index (χ2v) is 8.89. The Balaban J connectivity index is 2.15. The van der Waals surface area contributed by atoms with Gasteiger partial charge in [-0.25, -0.2) is 4.67 Å².